The van der Waals surface area contributed by atoms with E-state index in [0.29, 0.717) is 40.7 Å². The van der Waals surface area contributed by atoms with E-state index >= 15 is 0 Å². The van der Waals surface area contributed by atoms with Gasteiger partial charge >= 0.3 is 0 Å². The van der Waals surface area contributed by atoms with Crippen molar-refractivity contribution < 1.29 is 23.7 Å². The number of aryl methyl sites for hydroxylation is 2. The molecular formula is C26H24O5. The van der Waals surface area contributed by atoms with E-state index in [1.54, 1.807) is 44.6 Å². The molecule has 0 unspecified atom stereocenters. The molecule has 0 atom stereocenters. The minimum atomic E-state index is -0.164. The summed E-state index contributed by atoms with van der Waals surface area (Å²) in [5.41, 5.74) is 4.35. The number of ketones is 1. The SMILES string of the molecule is COc1ccc(OC)c(/C=C2\Oc3cc(OCc4ccccc4C)cc(C)c3C2=O)c1. The highest BCUT2D eigenvalue weighted by atomic mass is 16.5. The first-order valence-corrected chi connectivity index (χ1v) is 9.98. The van der Waals surface area contributed by atoms with E-state index < -0.39 is 0 Å². The van der Waals surface area contributed by atoms with Gasteiger partial charge in [0.1, 0.15) is 29.6 Å². The van der Waals surface area contributed by atoms with E-state index in [1.165, 1.54) is 5.56 Å². The van der Waals surface area contributed by atoms with Crippen molar-refractivity contribution in [3.05, 3.63) is 88.2 Å². The van der Waals surface area contributed by atoms with Crippen molar-refractivity contribution >= 4 is 11.9 Å². The van der Waals surface area contributed by atoms with Crippen LogP contribution in [0.3, 0.4) is 0 Å². The minimum absolute atomic E-state index is 0.164. The summed E-state index contributed by atoms with van der Waals surface area (Å²) in [5, 5.41) is 0. The Labute approximate surface area is 181 Å². The van der Waals surface area contributed by atoms with Crippen LogP contribution in [-0.4, -0.2) is 20.0 Å². The van der Waals surface area contributed by atoms with Crippen LogP contribution in [0.25, 0.3) is 6.08 Å². The molecule has 0 N–H and O–H groups in total. The Balaban J connectivity index is 1.61. The number of Topliss-reactive ketones (excluding diaryl/α,β-unsaturated/α-hetero) is 1. The van der Waals surface area contributed by atoms with Crippen molar-refractivity contribution in [2.45, 2.75) is 20.5 Å². The quantitative estimate of drug-likeness (QED) is 0.496. The van der Waals surface area contributed by atoms with Crippen LogP contribution in [0.15, 0.2) is 60.4 Å². The van der Waals surface area contributed by atoms with Crippen molar-refractivity contribution in [2.75, 3.05) is 14.2 Å². The molecule has 0 amide bonds. The molecule has 0 saturated heterocycles. The monoisotopic (exact) mass is 416 g/mol. The molecule has 0 bridgehead atoms. The van der Waals surface area contributed by atoms with E-state index in [0.717, 1.165) is 11.1 Å². The fourth-order valence-corrected chi connectivity index (χ4v) is 3.59. The second-order valence-electron chi connectivity index (χ2n) is 7.38. The van der Waals surface area contributed by atoms with Gasteiger partial charge in [0, 0.05) is 11.6 Å². The molecule has 3 aromatic rings. The van der Waals surface area contributed by atoms with Crippen molar-refractivity contribution in [3.8, 4) is 23.0 Å². The maximum Gasteiger partial charge on any atom is 0.232 e. The van der Waals surface area contributed by atoms with Gasteiger partial charge in [-0.15, -0.1) is 0 Å². The Morgan fingerprint density at radius 2 is 1.71 bits per heavy atom. The highest BCUT2D eigenvalue weighted by Gasteiger charge is 2.30. The highest BCUT2D eigenvalue weighted by molar-refractivity contribution is 6.15. The number of rotatable bonds is 6. The topological polar surface area (TPSA) is 54.0 Å². The molecule has 0 aliphatic carbocycles. The van der Waals surface area contributed by atoms with Crippen LogP contribution >= 0.6 is 0 Å². The lowest BCUT2D eigenvalue weighted by molar-refractivity contribution is 0.101. The molecule has 0 saturated carbocycles. The maximum absolute atomic E-state index is 13.0. The van der Waals surface area contributed by atoms with Crippen LogP contribution in [0, 0.1) is 13.8 Å². The molecule has 0 fully saturated rings. The molecule has 5 heteroatoms. The number of hydrogen-bond donors (Lipinski definition) is 0. The van der Waals surface area contributed by atoms with Crippen LogP contribution < -0.4 is 18.9 Å². The normalized spacial score (nSPS) is 13.7. The first-order chi connectivity index (χ1) is 15.0. The molecule has 158 valence electrons. The molecule has 0 radical (unpaired) electrons. The van der Waals surface area contributed by atoms with Gasteiger partial charge in [-0.05, 0) is 60.9 Å². The van der Waals surface area contributed by atoms with Crippen molar-refractivity contribution in [2.24, 2.45) is 0 Å². The average molecular weight is 416 g/mol. The second-order valence-corrected chi connectivity index (χ2v) is 7.38. The lowest BCUT2D eigenvalue weighted by Gasteiger charge is -2.10. The lowest BCUT2D eigenvalue weighted by atomic mass is 10.0. The summed E-state index contributed by atoms with van der Waals surface area (Å²) in [6.07, 6.45) is 1.68. The van der Waals surface area contributed by atoms with Crippen molar-refractivity contribution in [3.63, 3.8) is 0 Å². The predicted octanol–water partition coefficient (Wildman–Crippen LogP) is 5.52. The number of benzene rings is 3. The number of carbonyl (C=O) groups is 1. The Hall–Kier alpha value is -3.73. The van der Waals surface area contributed by atoms with E-state index in [-0.39, 0.29) is 11.5 Å². The Kier molecular flexibility index (Phi) is 5.67. The molecule has 0 aromatic heterocycles. The third kappa shape index (κ3) is 4.12. The Morgan fingerprint density at radius 3 is 2.45 bits per heavy atom. The van der Waals surface area contributed by atoms with Gasteiger partial charge in [0.15, 0.2) is 5.76 Å². The van der Waals surface area contributed by atoms with Crippen LogP contribution in [0.4, 0.5) is 0 Å². The van der Waals surface area contributed by atoms with Gasteiger partial charge in [0.25, 0.3) is 0 Å². The fourth-order valence-electron chi connectivity index (χ4n) is 3.59. The molecule has 0 spiro atoms. The van der Waals surface area contributed by atoms with E-state index in [9.17, 15) is 4.79 Å². The van der Waals surface area contributed by atoms with Gasteiger partial charge in [-0.2, -0.15) is 0 Å². The van der Waals surface area contributed by atoms with Gasteiger partial charge in [0.2, 0.25) is 5.78 Å². The highest BCUT2D eigenvalue weighted by Crippen LogP contribution is 2.38. The first kappa shape index (κ1) is 20.5. The number of allylic oxidation sites excluding steroid dienone is 1. The summed E-state index contributed by atoms with van der Waals surface area (Å²) in [5.74, 6) is 2.52. The van der Waals surface area contributed by atoms with Crippen molar-refractivity contribution in [1.29, 1.82) is 0 Å². The van der Waals surface area contributed by atoms with Gasteiger partial charge < -0.3 is 18.9 Å². The minimum Gasteiger partial charge on any atom is -0.497 e. The summed E-state index contributed by atoms with van der Waals surface area (Å²) < 4.78 is 22.6. The fraction of sp³-hybridized carbons (Fsp3) is 0.192. The van der Waals surface area contributed by atoms with E-state index in [2.05, 4.69) is 13.0 Å². The zero-order valence-electron chi connectivity index (χ0n) is 18.0. The predicted molar refractivity (Wildman–Crippen MR) is 119 cm³/mol. The molecule has 1 aliphatic heterocycles. The zero-order valence-corrected chi connectivity index (χ0v) is 18.0. The van der Waals surface area contributed by atoms with Gasteiger partial charge in [-0.3, -0.25) is 4.79 Å². The van der Waals surface area contributed by atoms with Crippen LogP contribution in [0.5, 0.6) is 23.0 Å². The molecule has 5 nitrogen and oxygen atoms in total. The van der Waals surface area contributed by atoms with Gasteiger partial charge in [-0.1, -0.05) is 24.3 Å². The smallest absolute Gasteiger partial charge is 0.232 e. The van der Waals surface area contributed by atoms with E-state index in [1.807, 2.05) is 31.2 Å². The largest absolute Gasteiger partial charge is 0.497 e. The second kappa shape index (κ2) is 8.56. The Morgan fingerprint density at radius 1 is 0.903 bits per heavy atom. The molecule has 31 heavy (non-hydrogen) atoms. The lowest BCUT2D eigenvalue weighted by Crippen LogP contribution is -2.01. The van der Waals surface area contributed by atoms with Gasteiger partial charge in [0.05, 0.1) is 19.8 Å². The summed E-state index contributed by atoms with van der Waals surface area (Å²) >= 11 is 0. The van der Waals surface area contributed by atoms with E-state index in [4.69, 9.17) is 18.9 Å². The standard InChI is InChI=1S/C26H24O5/c1-16-7-5-6-8-18(16)15-30-21-11-17(2)25-23(14-21)31-24(26(25)27)13-19-12-20(28-3)9-10-22(19)29-4/h5-14H,15H2,1-4H3/b24-13-. The van der Waals surface area contributed by atoms with Crippen LogP contribution in [0.1, 0.15) is 32.6 Å². The third-order valence-corrected chi connectivity index (χ3v) is 5.32. The summed E-state index contributed by atoms with van der Waals surface area (Å²) in [6, 6.07) is 17.1. The summed E-state index contributed by atoms with van der Waals surface area (Å²) in [6.45, 7) is 4.39. The molecule has 1 heterocycles. The summed E-state index contributed by atoms with van der Waals surface area (Å²) in [7, 11) is 3.17. The molecule has 1 aliphatic rings. The molecular weight excluding hydrogens is 392 g/mol. The number of hydrogen-bond acceptors (Lipinski definition) is 5. The van der Waals surface area contributed by atoms with Crippen molar-refractivity contribution in [1.82, 2.24) is 0 Å². The first-order valence-electron chi connectivity index (χ1n) is 9.98. The zero-order chi connectivity index (χ0) is 22.0. The average Bonchev–Trinajstić information content (AvgIpc) is 3.08. The third-order valence-electron chi connectivity index (χ3n) is 5.32. The van der Waals surface area contributed by atoms with Crippen LogP contribution in [0.2, 0.25) is 0 Å². The van der Waals surface area contributed by atoms with Gasteiger partial charge in [-0.25, -0.2) is 0 Å². The number of methoxy groups -OCH3 is 2. The molecule has 4 rings (SSSR count). The number of fused-ring (bicyclic) bond motifs is 1. The Bertz CT molecular complexity index is 1180. The summed E-state index contributed by atoms with van der Waals surface area (Å²) in [4.78, 5) is 13.0. The van der Waals surface area contributed by atoms with Crippen LogP contribution in [-0.2, 0) is 6.61 Å². The number of ether oxygens (including phenoxy) is 4. The molecule has 3 aromatic carbocycles. The maximum atomic E-state index is 13.0. The number of carbonyl (C=O) groups excluding carboxylic acids is 1.